The maximum absolute atomic E-state index is 10.3. The van der Waals surface area contributed by atoms with Gasteiger partial charge < -0.3 is 21.7 Å². The summed E-state index contributed by atoms with van der Waals surface area (Å²) in [5.41, 5.74) is 10.4. The number of rotatable bonds is 7. The Morgan fingerprint density at radius 2 is 1.27 bits per heavy atom. The highest BCUT2D eigenvalue weighted by atomic mass is 35.5. The van der Waals surface area contributed by atoms with Gasteiger partial charge in [0.25, 0.3) is 0 Å². The Morgan fingerprint density at radius 1 is 1.00 bits per heavy atom. The van der Waals surface area contributed by atoms with Crippen molar-refractivity contribution in [1.82, 2.24) is 0 Å². The van der Waals surface area contributed by atoms with Crippen molar-refractivity contribution >= 4 is 45.9 Å². The van der Waals surface area contributed by atoms with Gasteiger partial charge in [0.15, 0.2) is 0 Å². The molecule has 0 aliphatic heterocycles. The van der Waals surface area contributed by atoms with Crippen molar-refractivity contribution in [1.29, 1.82) is 0 Å². The highest BCUT2D eigenvalue weighted by Gasteiger charge is 2.14. The molecule has 0 aromatic rings. The standard InChI is InChI=1S/C6H12N2O4S2.ClH/c7-3(5(9)10)1-13-14-2-4(8)6(11)12;/h3-4H,1-2,7-8H2,(H,9,10)(H,11,12);1H/t3-,4?;/m0./s1. The van der Waals surface area contributed by atoms with Crippen molar-refractivity contribution in [2.75, 3.05) is 11.5 Å². The number of carbonyl (C=O) groups is 2. The van der Waals surface area contributed by atoms with Gasteiger partial charge >= 0.3 is 11.9 Å². The van der Waals surface area contributed by atoms with Crippen LogP contribution in [0.15, 0.2) is 0 Å². The monoisotopic (exact) mass is 276 g/mol. The fraction of sp³-hybridized carbons (Fsp3) is 0.667. The molecule has 2 atom stereocenters. The first-order valence-electron chi connectivity index (χ1n) is 3.66. The molecule has 9 heteroatoms. The lowest BCUT2D eigenvalue weighted by Crippen LogP contribution is -2.33. The van der Waals surface area contributed by atoms with Crippen molar-refractivity contribution in [2.24, 2.45) is 11.5 Å². The molecule has 0 aromatic heterocycles. The number of halogens is 1. The fourth-order valence-electron chi connectivity index (χ4n) is 0.385. The molecule has 6 N–H and O–H groups in total. The molecule has 0 aliphatic rings. The van der Waals surface area contributed by atoms with E-state index in [4.69, 9.17) is 21.7 Å². The molecule has 0 amide bonds. The van der Waals surface area contributed by atoms with E-state index in [-0.39, 0.29) is 23.9 Å². The molecule has 0 fully saturated rings. The molecule has 1 unspecified atom stereocenters. The normalized spacial score (nSPS) is 13.7. The van der Waals surface area contributed by atoms with Gasteiger partial charge in [-0.3, -0.25) is 9.59 Å². The van der Waals surface area contributed by atoms with Gasteiger partial charge in [-0.1, -0.05) is 21.6 Å². The fourth-order valence-corrected chi connectivity index (χ4v) is 2.61. The Kier molecular flexibility index (Phi) is 10.5. The summed E-state index contributed by atoms with van der Waals surface area (Å²) >= 11 is 0. The molecular formula is C6H13ClN2O4S2. The third-order valence-electron chi connectivity index (χ3n) is 1.21. The highest BCUT2D eigenvalue weighted by molar-refractivity contribution is 8.76. The average Bonchev–Trinajstić information content (AvgIpc) is 2.11. The van der Waals surface area contributed by atoms with E-state index in [2.05, 4.69) is 0 Å². The largest absolute Gasteiger partial charge is 0.480 e. The minimum atomic E-state index is -1.07. The summed E-state index contributed by atoms with van der Waals surface area (Å²) in [7, 11) is 2.41. The van der Waals surface area contributed by atoms with Gasteiger partial charge in [-0.2, -0.15) is 0 Å². The van der Waals surface area contributed by atoms with Gasteiger partial charge in [0.1, 0.15) is 12.1 Å². The summed E-state index contributed by atoms with van der Waals surface area (Å²) in [5, 5.41) is 16.8. The molecule has 6 nitrogen and oxygen atoms in total. The van der Waals surface area contributed by atoms with Crippen LogP contribution in [0.2, 0.25) is 0 Å². The minimum absolute atomic E-state index is 0. The van der Waals surface area contributed by atoms with E-state index in [9.17, 15) is 9.59 Å². The van der Waals surface area contributed by atoms with Crippen LogP contribution in [0.1, 0.15) is 0 Å². The molecule has 0 spiro atoms. The summed E-state index contributed by atoms with van der Waals surface area (Å²) in [4.78, 5) is 20.5. The molecule has 0 bridgehead atoms. The van der Waals surface area contributed by atoms with Crippen LogP contribution >= 0.6 is 34.0 Å². The Labute approximate surface area is 101 Å². The molecule has 15 heavy (non-hydrogen) atoms. The lowest BCUT2D eigenvalue weighted by Gasteiger charge is -2.07. The first kappa shape index (κ1) is 17.3. The van der Waals surface area contributed by atoms with Crippen LogP contribution in [0.3, 0.4) is 0 Å². The van der Waals surface area contributed by atoms with E-state index in [1.54, 1.807) is 0 Å². The summed E-state index contributed by atoms with van der Waals surface area (Å²) in [6.07, 6.45) is 0. The number of aliphatic carboxylic acids is 2. The van der Waals surface area contributed by atoms with E-state index in [0.717, 1.165) is 0 Å². The van der Waals surface area contributed by atoms with Crippen molar-refractivity contribution in [3.8, 4) is 0 Å². The summed E-state index contributed by atoms with van der Waals surface area (Å²) in [5.74, 6) is -1.68. The molecular weight excluding hydrogens is 264 g/mol. The maximum Gasteiger partial charge on any atom is 0.321 e. The number of hydrogen-bond donors (Lipinski definition) is 4. The second-order valence-electron chi connectivity index (χ2n) is 2.46. The van der Waals surface area contributed by atoms with Gasteiger partial charge in [0.05, 0.1) is 0 Å². The SMILES string of the molecule is Cl.NC(CSSC[C@H](N)C(=O)O)C(=O)O. The van der Waals surface area contributed by atoms with E-state index in [0.29, 0.717) is 0 Å². The van der Waals surface area contributed by atoms with Crippen LogP contribution in [0.25, 0.3) is 0 Å². The molecule has 0 aliphatic carbocycles. The molecule has 0 rings (SSSR count). The van der Waals surface area contributed by atoms with Crippen molar-refractivity contribution in [3.63, 3.8) is 0 Å². The van der Waals surface area contributed by atoms with Crippen LogP contribution < -0.4 is 11.5 Å². The zero-order valence-corrected chi connectivity index (χ0v) is 10.1. The number of carboxylic acids is 2. The molecule has 0 saturated carbocycles. The second kappa shape index (κ2) is 9.10. The van der Waals surface area contributed by atoms with Gasteiger partial charge in [-0.25, -0.2) is 0 Å². The third-order valence-corrected chi connectivity index (χ3v) is 3.69. The summed E-state index contributed by atoms with van der Waals surface area (Å²) < 4.78 is 0. The van der Waals surface area contributed by atoms with Crippen LogP contribution in [0.4, 0.5) is 0 Å². The lowest BCUT2D eigenvalue weighted by molar-refractivity contribution is -0.138. The molecule has 0 heterocycles. The molecule has 0 radical (unpaired) electrons. The topological polar surface area (TPSA) is 127 Å². The van der Waals surface area contributed by atoms with Crippen molar-refractivity contribution in [2.45, 2.75) is 12.1 Å². The number of carboxylic acid groups (broad SMARTS) is 2. The maximum atomic E-state index is 10.3. The highest BCUT2D eigenvalue weighted by Crippen LogP contribution is 2.22. The van der Waals surface area contributed by atoms with Gasteiger partial charge in [-0.15, -0.1) is 12.4 Å². The Hall–Kier alpha value is -0.150. The average molecular weight is 277 g/mol. The Balaban J connectivity index is 0. The van der Waals surface area contributed by atoms with Gasteiger partial charge in [0, 0.05) is 11.5 Å². The first-order chi connectivity index (χ1) is 6.45. The molecule has 0 saturated heterocycles. The third kappa shape index (κ3) is 8.82. The lowest BCUT2D eigenvalue weighted by atomic mass is 10.4. The smallest absolute Gasteiger partial charge is 0.321 e. The molecule has 90 valence electrons. The van der Waals surface area contributed by atoms with Crippen LogP contribution in [-0.2, 0) is 9.59 Å². The van der Waals surface area contributed by atoms with Crippen LogP contribution in [0, 0.1) is 0 Å². The second-order valence-corrected chi connectivity index (χ2v) is 5.01. The predicted octanol–water partition coefficient (Wildman–Crippen LogP) is -0.387. The molecule has 0 aromatic carbocycles. The zero-order valence-electron chi connectivity index (χ0n) is 7.66. The minimum Gasteiger partial charge on any atom is -0.480 e. The zero-order chi connectivity index (χ0) is 11.1. The summed E-state index contributed by atoms with van der Waals surface area (Å²) in [6, 6.07) is -1.85. The van der Waals surface area contributed by atoms with Crippen LogP contribution in [-0.4, -0.2) is 45.7 Å². The van der Waals surface area contributed by atoms with E-state index in [1.807, 2.05) is 0 Å². The van der Waals surface area contributed by atoms with E-state index < -0.39 is 24.0 Å². The van der Waals surface area contributed by atoms with E-state index >= 15 is 0 Å². The Morgan fingerprint density at radius 3 is 1.47 bits per heavy atom. The number of hydrogen-bond acceptors (Lipinski definition) is 6. The predicted molar refractivity (Wildman–Crippen MR) is 63.4 cm³/mol. The quantitative estimate of drug-likeness (QED) is 0.366. The van der Waals surface area contributed by atoms with Crippen molar-refractivity contribution < 1.29 is 19.8 Å². The summed E-state index contributed by atoms with van der Waals surface area (Å²) in [6.45, 7) is 0. The number of nitrogens with two attached hydrogens (primary N) is 2. The van der Waals surface area contributed by atoms with E-state index in [1.165, 1.54) is 21.6 Å². The van der Waals surface area contributed by atoms with Crippen LogP contribution in [0.5, 0.6) is 0 Å². The Bertz CT molecular complexity index is 197. The van der Waals surface area contributed by atoms with Gasteiger partial charge in [-0.05, 0) is 0 Å². The van der Waals surface area contributed by atoms with Crippen molar-refractivity contribution in [3.05, 3.63) is 0 Å². The first-order valence-corrected chi connectivity index (χ1v) is 6.15. The van der Waals surface area contributed by atoms with Gasteiger partial charge in [0.2, 0.25) is 0 Å².